The zero-order valence-electron chi connectivity index (χ0n) is 29.4. The number of carbonyl (C=O) groups excluding carboxylic acids is 7. The van der Waals surface area contributed by atoms with Gasteiger partial charge in [-0.25, -0.2) is 0 Å². The summed E-state index contributed by atoms with van der Waals surface area (Å²) >= 11 is 0. The Morgan fingerprint density at radius 2 is 1.10 bits per heavy atom. The zero-order chi connectivity index (χ0) is 36.7. The molecule has 14 nitrogen and oxygen atoms in total. The Balaban J connectivity index is 3.25. The summed E-state index contributed by atoms with van der Waals surface area (Å²) in [4.78, 5) is 87.1. The molecular weight excluding hydrogens is 632 g/mol. The van der Waals surface area contributed by atoms with E-state index in [1.54, 1.807) is 20.8 Å². The molecule has 0 unspecified atom stereocenters. The van der Waals surface area contributed by atoms with Crippen LogP contribution in [0.15, 0.2) is 34.1 Å². The predicted molar refractivity (Wildman–Crippen MR) is 166 cm³/mol. The van der Waals surface area contributed by atoms with E-state index in [4.69, 9.17) is 33.2 Å². The SMILES string of the molecule is CC(=O)OC/C1=C\[C@H](OC(C)=O)[C@@H]2C[C@H](OC(C)=O)C(C)=C([C@@H](OC(C)=O)/C(OC(C)=O)=C(/C)[C@H](OC(C)=O)C[C@@H]1OC(C)=O)C2(C)C. The Kier molecular flexibility index (Phi) is 13.7. The highest BCUT2D eigenvalue weighted by Crippen LogP contribution is 2.52. The molecule has 266 valence electrons. The number of hydrogen-bond acceptors (Lipinski definition) is 14. The first kappa shape index (κ1) is 39.7. The molecule has 14 heteroatoms. The van der Waals surface area contributed by atoms with Crippen LogP contribution in [0.4, 0.5) is 0 Å². The molecule has 0 N–H and O–H groups in total. The summed E-state index contributed by atoms with van der Waals surface area (Å²) in [6.07, 6.45) is -4.63. The van der Waals surface area contributed by atoms with Crippen molar-refractivity contribution >= 4 is 41.8 Å². The van der Waals surface area contributed by atoms with Gasteiger partial charge in [0.15, 0.2) is 11.9 Å². The monoisotopic (exact) mass is 678 g/mol. The lowest BCUT2D eigenvalue weighted by atomic mass is 9.60. The van der Waals surface area contributed by atoms with E-state index in [0.717, 1.165) is 27.7 Å². The van der Waals surface area contributed by atoms with Crippen LogP contribution in [0.1, 0.15) is 89.0 Å². The molecule has 0 aromatic rings. The Hall–Kier alpha value is -4.49. The second-order valence-corrected chi connectivity index (χ2v) is 12.4. The quantitative estimate of drug-likeness (QED) is 0.205. The fraction of sp³-hybridized carbons (Fsp3) is 0.618. The fourth-order valence-electron chi connectivity index (χ4n) is 6.33. The highest BCUT2D eigenvalue weighted by molar-refractivity contribution is 5.71. The van der Waals surface area contributed by atoms with Gasteiger partial charge in [-0.1, -0.05) is 13.8 Å². The van der Waals surface area contributed by atoms with Gasteiger partial charge in [-0.15, -0.1) is 0 Å². The van der Waals surface area contributed by atoms with Crippen LogP contribution in [0.25, 0.3) is 0 Å². The summed E-state index contributed by atoms with van der Waals surface area (Å²) in [6, 6.07) is 0. The van der Waals surface area contributed by atoms with E-state index in [-0.39, 0.29) is 29.7 Å². The number of hydrogen-bond donors (Lipinski definition) is 0. The van der Waals surface area contributed by atoms with Crippen molar-refractivity contribution in [3.8, 4) is 0 Å². The number of carbonyl (C=O) groups is 7. The molecule has 0 aromatic heterocycles. The maximum Gasteiger partial charge on any atom is 0.307 e. The average Bonchev–Trinajstić information content (AvgIpc) is 2.91. The van der Waals surface area contributed by atoms with E-state index in [0.29, 0.717) is 11.1 Å². The number of ether oxygens (including phenoxy) is 7. The third-order valence-electron chi connectivity index (χ3n) is 8.19. The van der Waals surface area contributed by atoms with Gasteiger partial charge in [-0.2, -0.15) is 0 Å². The molecule has 0 aromatic carbocycles. The Labute approximate surface area is 280 Å². The molecule has 2 aliphatic rings. The van der Waals surface area contributed by atoms with Gasteiger partial charge >= 0.3 is 41.8 Å². The highest BCUT2D eigenvalue weighted by Gasteiger charge is 2.51. The van der Waals surface area contributed by atoms with Gasteiger partial charge in [0.05, 0.1) is 0 Å². The normalized spacial score (nSPS) is 28.2. The smallest absolute Gasteiger partial charge is 0.307 e. The van der Waals surface area contributed by atoms with Crippen molar-refractivity contribution in [2.45, 2.75) is 120 Å². The van der Waals surface area contributed by atoms with E-state index in [2.05, 4.69) is 0 Å². The zero-order valence-corrected chi connectivity index (χ0v) is 29.4. The predicted octanol–water partition coefficient (Wildman–Crippen LogP) is 3.74. The van der Waals surface area contributed by atoms with Gasteiger partial charge in [-0.3, -0.25) is 33.6 Å². The van der Waals surface area contributed by atoms with Crippen molar-refractivity contribution in [1.29, 1.82) is 0 Å². The van der Waals surface area contributed by atoms with Crippen molar-refractivity contribution in [2.75, 3.05) is 6.61 Å². The molecule has 2 bridgehead atoms. The summed E-state index contributed by atoms with van der Waals surface area (Å²) < 4.78 is 39.9. The molecule has 0 amide bonds. The maximum atomic E-state index is 12.7. The fourth-order valence-corrected chi connectivity index (χ4v) is 6.33. The largest absolute Gasteiger partial charge is 0.461 e. The van der Waals surface area contributed by atoms with E-state index < -0.39 is 90.2 Å². The summed E-state index contributed by atoms with van der Waals surface area (Å²) in [5.74, 6) is -5.90. The van der Waals surface area contributed by atoms with Crippen molar-refractivity contribution in [2.24, 2.45) is 11.3 Å². The molecule has 0 saturated carbocycles. The van der Waals surface area contributed by atoms with E-state index >= 15 is 0 Å². The summed E-state index contributed by atoms with van der Waals surface area (Å²) in [5, 5.41) is 0. The van der Waals surface area contributed by atoms with Crippen molar-refractivity contribution in [1.82, 2.24) is 0 Å². The molecule has 0 saturated heterocycles. The first-order valence-electron chi connectivity index (χ1n) is 15.5. The van der Waals surface area contributed by atoms with Gasteiger partial charge < -0.3 is 33.2 Å². The summed E-state index contributed by atoms with van der Waals surface area (Å²) in [7, 11) is 0. The third kappa shape index (κ3) is 10.5. The topological polar surface area (TPSA) is 184 Å². The second kappa shape index (κ2) is 16.6. The van der Waals surface area contributed by atoms with Crippen LogP contribution < -0.4 is 0 Å². The molecule has 0 aliphatic heterocycles. The minimum Gasteiger partial charge on any atom is -0.461 e. The van der Waals surface area contributed by atoms with Gasteiger partial charge in [0, 0.05) is 72.0 Å². The molecule has 48 heavy (non-hydrogen) atoms. The van der Waals surface area contributed by atoms with Crippen LogP contribution in [0, 0.1) is 11.3 Å². The van der Waals surface area contributed by atoms with Crippen LogP contribution in [-0.2, 0) is 66.7 Å². The third-order valence-corrected chi connectivity index (χ3v) is 8.19. The van der Waals surface area contributed by atoms with Crippen LogP contribution in [-0.4, -0.2) is 78.9 Å². The Morgan fingerprint density at radius 3 is 1.56 bits per heavy atom. The minimum absolute atomic E-state index is 0.115. The van der Waals surface area contributed by atoms with Crippen LogP contribution in [0.3, 0.4) is 0 Å². The lowest BCUT2D eigenvalue weighted by Crippen LogP contribution is -2.49. The lowest BCUT2D eigenvalue weighted by molar-refractivity contribution is -0.156. The lowest BCUT2D eigenvalue weighted by Gasteiger charge is -2.48. The molecule has 0 spiro atoms. The van der Waals surface area contributed by atoms with Crippen molar-refractivity contribution in [3.63, 3.8) is 0 Å². The van der Waals surface area contributed by atoms with E-state index in [1.807, 2.05) is 0 Å². The number of fused-ring (bicyclic) bond motifs is 2. The Morgan fingerprint density at radius 1 is 0.625 bits per heavy atom. The molecule has 2 rings (SSSR count). The summed E-state index contributed by atoms with van der Waals surface area (Å²) in [6.45, 7) is 14.6. The van der Waals surface area contributed by atoms with Gasteiger partial charge in [0.2, 0.25) is 0 Å². The van der Waals surface area contributed by atoms with E-state index in [9.17, 15) is 33.6 Å². The molecule has 2 aliphatic carbocycles. The molecule has 6 atom stereocenters. The van der Waals surface area contributed by atoms with Crippen molar-refractivity contribution < 1.29 is 66.7 Å². The molecule has 0 radical (unpaired) electrons. The van der Waals surface area contributed by atoms with Gasteiger partial charge in [0.25, 0.3) is 0 Å². The maximum absolute atomic E-state index is 12.7. The van der Waals surface area contributed by atoms with Crippen LogP contribution in [0.2, 0.25) is 0 Å². The average molecular weight is 679 g/mol. The van der Waals surface area contributed by atoms with Crippen LogP contribution >= 0.6 is 0 Å². The van der Waals surface area contributed by atoms with Gasteiger partial charge in [-0.05, 0) is 42.9 Å². The van der Waals surface area contributed by atoms with E-state index in [1.165, 1.54) is 33.8 Å². The molecule has 0 heterocycles. The minimum atomic E-state index is -1.42. The first-order chi connectivity index (χ1) is 22.1. The van der Waals surface area contributed by atoms with Gasteiger partial charge in [0.1, 0.15) is 31.0 Å². The number of esters is 7. The highest BCUT2D eigenvalue weighted by atomic mass is 16.6. The number of rotatable bonds is 8. The standard InChI is InChI=1S/C34H46O14/c1-16-27(43-19(4)36)13-26-30(46-22(7)39)12-25(15-42-18(3)35)29(45-21(6)38)14-28(44-20(5)37)17(2)32(47-23(8)40)33(48-24(9)41)31(16)34(26,10)11/h12,26-30,33H,13-15H2,1-11H3/b25-12+,32-17+/t26-,27-,28+,29-,30-,33+/m0/s1. The van der Waals surface area contributed by atoms with Crippen LogP contribution in [0.5, 0.6) is 0 Å². The van der Waals surface area contributed by atoms with Crippen molar-refractivity contribution in [3.05, 3.63) is 34.1 Å². The first-order valence-corrected chi connectivity index (χ1v) is 15.5. The molecule has 0 fully saturated rings. The Bertz CT molecular complexity index is 1410. The second-order valence-electron chi connectivity index (χ2n) is 12.4. The summed E-state index contributed by atoms with van der Waals surface area (Å²) in [5.41, 5.74) is 0.106. The molecular formula is C34H46O14.